The topological polar surface area (TPSA) is 95.1 Å². The summed E-state index contributed by atoms with van der Waals surface area (Å²) in [4.78, 5) is 17.1. The second kappa shape index (κ2) is 6.58. The van der Waals surface area contributed by atoms with E-state index in [2.05, 4.69) is 10.3 Å². The van der Waals surface area contributed by atoms with Crippen molar-refractivity contribution in [2.75, 3.05) is 13.1 Å². The quantitative estimate of drug-likeness (QED) is 0.545. The summed E-state index contributed by atoms with van der Waals surface area (Å²) in [5.41, 5.74) is 7.37. The van der Waals surface area contributed by atoms with Gasteiger partial charge in [-0.25, -0.2) is 4.79 Å². The lowest BCUT2D eigenvalue weighted by atomic mass is 10.1. The first kappa shape index (κ1) is 14.0. The van der Waals surface area contributed by atoms with Crippen LogP contribution in [0, 0.1) is 12.3 Å². The van der Waals surface area contributed by atoms with Crippen LogP contribution in [0.5, 0.6) is 0 Å². The molecule has 2 amide bonds. The number of guanidine groups is 1. The number of nitrogens with two attached hydrogens (primary N) is 1. The maximum absolute atomic E-state index is 11.7. The molecule has 1 aromatic rings. The number of carbonyl (C=O) groups is 1. The highest BCUT2D eigenvalue weighted by Gasteiger charge is 2.15. The van der Waals surface area contributed by atoms with E-state index in [4.69, 9.17) is 11.1 Å². The standard InChI is InChI=1S/C12H19N5O/c1-3-15-12(18)17(11(13)14)8-6-10-9(2)5-4-7-16-10/h4-5,7H,3,6,8H2,1-2H3,(H3,13,14)(H,15,18). The van der Waals surface area contributed by atoms with Crippen molar-refractivity contribution in [3.05, 3.63) is 29.6 Å². The van der Waals surface area contributed by atoms with E-state index in [0.29, 0.717) is 19.5 Å². The second-order valence-electron chi connectivity index (χ2n) is 3.89. The van der Waals surface area contributed by atoms with Gasteiger partial charge in [-0.1, -0.05) is 6.07 Å². The van der Waals surface area contributed by atoms with Crippen molar-refractivity contribution in [3.8, 4) is 0 Å². The van der Waals surface area contributed by atoms with Gasteiger partial charge in [0.2, 0.25) is 0 Å². The Morgan fingerprint density at radius 1 is 1.61 bits per heavy atom. The number of aromatic nitrogens is 1. The van der Waals surface area contributed by atoms with E-state index in [1.807, 2.05) is 26.0 Å². The number of pyridine rings is 1. The van der Waals surface area contributed by atoms with E-state index in [1.54, 1.807) is 6.20 Å². The summed E-state index contributed by atoms with van der Waals surface area (Å²) in [5, 5.41) is 10.0. The zero-order valence-corrected chi connectivity index (χ0v) is 10.7. The predicted octanol–water partition coefficient (Wildman–Crippen LogP) is 0.857. The average Bonchev–Trinajstić information content (AvgIpc) is 2.31. The van der Waals surface area contributed by atoms with Crippen molar-refractivity contribution in [1.29, 1.82) is 5.41 Å². The molecule has 0 fully saturated rings. The Labute approximate surface area is 107 Å². The van der Waals surface area contributed by atoms with Crippen molar-refractivity contribution in [3.63, 3.8) is 0 Å². The van der Waals surface area contributed by atoms with Crippen LogP contribution in [0.2, 0.25) is 0 Å². The Morgan fingerprint density at radius 3 is 2.89 bits per heavy atom. The highest BCUT2D eigenvalue weighted by atomic mass is 16.2. The SMILES string of the molecule is CCNC(=O)N(CCc1ncccc1C)C(=N)N. The van der Waals surface area contributed by atoms with Crippen LogP contribution in [0.25, 0.3) is 0 Å². The molecule has 1 heterocycles. The Morgan fingerprint density at radius 2 is 2.33 bits per heavy atom. The third-order valence-corrected chi connectivity index (χ3v) is 2.55. The molecule has 0 atom stereocenters. The number of nitrogens with one attached hydrogen (secondary N) is 2. The van der Waals surface area contributed by atoms with Gasteiger partial charge in [-0.2, -0.15) is 0 Å². The van der Waals surface area contributed by atoms with Crippen molar-refractivity contribution in [2.45, 2.75) is 20.3 Å². The summed E-state index contributed by atoms with van der Waals surface area (Å²) >= 11 is 0. The van der Waals surface area contributed by atoms with Crippen LogP contribution < -0.4 is 11.1 Å². The molecule has 0 unspecified atom stereocenters. The zero-order valence-electron chi connectivity index (χ0n) is 10.7. The minimum Gasteiger partial charge on any atom is -0.370 e. The van der Waals surface area contributed by atoms with Gasteiger partial charge in [0.25, 0.3) is 0 Å². The molecule has 0 aliphatic carbocycles. The monoisotopic (exact) mass is 249 g/mol. The number of hydrogen-bond donors (Lipinski definition) is 3. The van der Waals surface area contributed by atoms with Gasteiger partial charge in [0.1, 0.15) is 0 Å². The molecule has 18 heavy (non-hydrogen) atoms. The summed E-state index contributed by atoms with van der Waals surface area (Å²) in [6.07, 6.45) is 2.29. The van der Waals surface area contributed by atoms with Gasteiger partial charge in [-0.3, -0.25) is 15.3 Å². The molecule has 0 aliphatic rings. The Bertz CT molecular complexity index is 432. The van der Waals surface area contributed by atoms with Gasteiger partial charge < -0.3 is 11.1 Å². The van der Waals surface area contributed by atoms with E-state index >= 15 is 0 Å². The second-order valence-corrected chi connectivity index (χ2v) is 3.89. The van der Waals surface area contributed by atoms with E-state index in [0.717, 1.165) is 11.3 Å². The molecule has 0 bridgehead atoms. The summed E-state index contributed by atoms with van der Waals surface area (Å²) in [5.74, 6) is -0.255. The van der Waals surface area contributed by atoms with Crippen molar-refractivity contribution in [1.82, 2.24) is 15.2 Å². The molecule has 6 nitrogen and oxygen atoms in total. The van der Waals surface area contributed by atoms with Gasteiger partial charge in [-0.15, -0.1) is 0 Å². The third kappa shape index (κ3) is 3.73. The number of aryl methyl sites for hydroxylation is 1. The minimum atomic E-state index is -0.349. The van der Waals surface area contributed by atoms with Crippen LogP contribution in [-0.2, 0) is 6.42 Å². The van der Waals surface area contributed by atoms with Crippen molar-refractivity contribution in [2.24, 2.45) is 5.73 Å². The molecule has 1 aromatic heterocycles. The molecule has 0 saturated heterocycles. The smallest absolute Gasteiger partial charge is 0.324 e. The Balaban J connectivity index is 2.66. The number of urea groups is 1. The first-order chi connectivity index (χ1) is 8.56. The van der Waals surface area contributed by atoms with Gasteiger partial charge in [0, 0.05) is 31.4 Å². The molecule has 0 radical (unpaired) electrons. The van der Waals surface area contributed by atoms with Crippen LogP contribution in [0.15, 0.2) is 18.3 Å². The fourth-order valence-electron chi connectivity index (χ4n) is 1.58. The largest absolute Gasteiger partial charge is 0.370 e. The Kier molecular flexibility index (Phi) is 5.10. The van der Waals surface area contributed by atoms with Gasteiger partial charge in [-0.05, 0) is 25.5 Å². The Hall–Kier alpha value is -2.11. The highest BCUT2D eigenvalue weighted by Crippen LogP contribution is 2.05. The van der Waals surface area contributed by atoms with Crippen LogP contribution in [0.3, 0.4) is 0 Å². The fourth-order valence-corrected chi connectivity index (χ4v) is 1.58. The lowest BCUT2D eigenvalue weighted by Crippen LogP contribution is -2.47. The summed E-state index contributed by atoms with van der Waals surface area (Å²) < 4.78 is 0. The molecular formula is C12H19N5O. The lowest BCUT2D eigenvalue weighted by Gasteiger charge is -2.20. The first-order valence-corrected chi connectivity index (χ1v) is 5.86. The number of amides is 2. The average molecular weight is 249 g/mol. The van der Waals surface area contributed by atoms with E-state index in [-0.39, 0.29) is 12.0 Å². The fraction of sp³-hybridized carbons (Fsp3) is 0.417. The highest BCUT2D eigenvalue weighted by molar-refractivity contribution is 5.93. The lowest BCUT2D eigenvalue weighted by molar-refractivity contribution is 0.221. The molecule has 6 heteroatoms. The van der Waals surface area contributed by atoms with Crippen molar-refractivity contribution >= 4 is 12.0 Å². The molecule has 0 saturated carbocycles. The minimum absolute atomic E-state index is 0.255. The van der Waals surface area contributed by atoms with Gasteiger partial charge >= 0.3 is 6.03 Å². The van der Waals surface area contributed by atoms with Crippen LogP contribution in [0.1, 0.15) is 18.2 Å². The molecular weight excluding hydrogens is 230 g/mol. The van der Waals surface area contributed by atoms with Crippen molar-refractivity contribution < 1.29 is 4.79 Å². The maximum Gasteiger partial charge on any atom is 0.324 e. The van der Waals surface area contributed by atoms with Gasteiger partial charge in [0.05, 0.1) is 0 Å². The van der Waals surface area contributed by atoms with E-state index < -0.39 is 0 Å². The predicted molar refractivity (Wildman–Crippen MR) is 70.4 cm³/mol. The first-order valence-electron chi connectivity index (χ1n) is 5.86. The molecule has 0 spiro atoms. The van der Waals surface area contributed by atoms with E-state index in [9.17, 15) is 4.79 Å². The van der Waals surface area contributed by atoms with E-state index in [1.165, 1.54) is 4.90 Å². The molecule has 0 aromatic carbocycles. The summed E-state index contributed by atoms with van der Waals surface area (Å²) in [6.45, 7) is 4.63. The molecule has 1 rings (SSSR count). The molecule has 0 aliphatic heterocycles. The maximum atomic E-state index is 11.7. The third-order valence-electron chi connectivity index (χ3n) is 2.55. The van der Waals surface area contributed by atoms with Crippen LogP contribution in [-0.4, -0.2) is 35.0 Å². The number of hydrogen-bond acceptors (Lipinski definition) is 3. The molecule has 98 valence electrons. The van der Waals surface area contributed by atoms with Crippen LogP contribution in [0.4, 0.5) is 4.79 Å². The normalized spacial score (nSPS) is 9.89. The summed E-state index contributed by atoms with van der Waals surface area (Å²) in [6, 6.07) is 3.48. The zero-order chi connectivity index (χ0) is 13.5. The molecule has 4 N–H and O–H groups in total. The van der Waals surface area contributed by atoms with Gasteiger partial charge in [0.15, 0.2) is 5.96 Å². The van der Waals surface area contributed by atoms with Crippen LogP contribution >= 0.6 is 0 Å². The number of nitrogens with zero attached hydrogens (tertiary/aromatic N) is 2. The number of carbonyl (C=O) groups excluding carboxylic acids is 1. The number of rotatable bonds is 4. The summed E-state index contributed by atoms with van der Waals surface area (Å²) in [7, 11) is 0.